The third-order valence-corrected chi connectivity index (χ3v) is 4.61. The Morgan fingerprint density at radius 3 is 2.92 bits per heavy atom. The van der Waals surface area contributed by atoms with Gasteiger partial charge in [0.05, 0.1) is 13.2 Å². The van der Waals surface area contributed by atoms with Crippen molar-refractivity contribution in [1.29, 1.82) is 0 Å². The smallest absolute Gasteiger partial charge is 0.193 e. The van der Waals surface area contributed by atoms with Gasteiger partial charge in [0.2, 0.25) is 0 Å². The fourth-order valence-corrected chi connectivity index (χ4v) is 3.21. The van der Waals surface area contributed by atoms with E-state index in [2.05, 4.69) is 70.4 Å². The Hall–Kier alpha value is -2.43. The molecule has 128 valence electrons. The zero-order valence-corrected chi connectivity index (χ0v) is 14.7. The molecule has 2 aromatic rings. The van der Waals surface area contributed by atoms with Crippen molar-refractivity contribution in [3.8, 4) is 5.75 Å². The molecule has 0 saturated carbocycles. The Morgan fingerprint density at radius 1 is 1.33 bits per heavy atom. The Labute approximate surface area is 144 Å². The van der Waals surface area contributed by atoms with Crippen molar-refractivity contribution in [3.63, 3.8) is 0 Å². The number of nitrogens with one attached hydrogen (secondary N) is 1. The molecule has 1 aliphatic heterocycles. The molecule has 3 rings (SSSR count). The molecular weight excluding hydrogens is 300 g/mol. The second-order valence-corrected chi connectivity index (χ2v) is 6.27. The van der Waals surface area contributed by atoms with Gasteiger partial charge in [-0.2, -0.15) is 0 Å². The maximum atomic E-state index is 5.75. The van der Waals surface area contributed by atoms with Gasteiger partial charge < -0.3 is 19.5 Å². The van der Waals surface area contributed by atoms with Crippen LogP contribution in [0.1, 0.15) is 23.6 Å². The van der Waals surface area contributed by atoms with Crippen LogP contribution in [0.25, 0.3) is 0 Å². The SMILES string of the molecule is CN=C(NCC1CCOc2ccccc21)N(C)Cc1cccn1C. The second kappa shape index (κ2) is 7.43. The van der Waals surface area contributed by atoms with E-state index in [1.807, 2.05) is 13.1 Å². The molecule has 24 heavy (non-hydrogen) atoms. The zero-order valence-electron chi connectivity index (χ0n) is 14.7. The summed E-state index contributed by atoms with van der Waals surface area (Å²) >= 11 is 0. The van der Waals surface area contributed by atoms with Gasteiger partial charge in [-0.25, -0.2) is 0 Å². The molecule has 0 saturated heterocycles. The lowest BCUT2D eigenvalue weighted by Gasteiger charge is -2.28. The molecule has 0 fully saturated rings. The maximum absolute atomic E-state index is 5.75. The number of aryl methyl sites for hydroxylation is 1. The van der Waals surface area contributed by atoms with Crippen LogP contribution in [0.15, 0.2) is 47.6 Å². The van der Waals surface area contributed by atoms with Crippen molar-refractivity contribution in [2.75, 3.05) is 27.2 Å². The monoisotopic (exact) mass is 326 g/mol. The molecule has 0 radical (unpaired) electrons. The summed E-state index contributed by atoms with van der Waals surface area (Å²) in [5.74, 6) is 2.39. The van der Waals surface area contributed by atoms with E-state index in [0.717, 1.165) is 37.8 Å². The number of hydrogen-bond acceptors (Lipinski definition) is 2. The average molecular weight is 326 g/mol. The van der Waals surface area contributed by atoms with Gasteiger partial charge in [-0.1, -0.05) is 18.2 Å². The summed E-state index contributed by atoms with van der Waals surface area (Å²) in [7, 11) is 5.97. The molecule has 0 bridgehead atoms. The van der Waals surface area contributed by atoms with Crippen molar-refractivity contribution in [3.05, 3.63) is 53.9 Å². The lowest BCUT2D eigenvalue weighted by molar-refractivity contribution is 0.266. The summed E-state index contributed by atoms with van der Waals surface area (Å²) in [5, 5.41) is 3.52. The van der Waals surface area contributed by atoms with Crippen LogP contribution in [-0.4, -0.2) is 42.7 Å². The highest BCUT2D eigenvalue weighted by atomic mass is 16.5. The van der Waals surface area contributed by atoms with Crippen LogP contribution >= 0.6 is 0 Å². The van der Waals surface area contributed by atoms with Crippen molar-refractivity contribution >= 4 is 5.96 Å². The van der Waals surface area contributed by atoms with Gasteiger partial charge in [0.15, 0.2) is 5.96 Å². The lowest BCUT2D eigenvalue weighted by atomic mass is 9.93. The van der Waals surface area contributed by atoms with Crippen LogP contribution in [0.3, 0.4) is 0 Å². The summed E-state index contributed by atoms with van der Waals surface area (Å²) in [6.07, 6.45) is 3.10. The molecule has 0 aliphatic carbocycles. The van der Waals surface area contributed by atoms with E-state index in [4.69, 9.17) is 4.74 Å². The molecule has 1 atom stereocenters. The Bertz CT molecular complexity index is 707. The van der Waals surface area contributed by atoms with Gasteiger partial charge in [0.25, 0.3) is 0 Å². The minimum Gasteiger partial charge on any atom is -0.493 e. The van der Waals surface area contributed by atoms with E-state index in [1.165, 1.54) is 11.3 Å². The van der Waals surface area contributed by atoms with Crippen LogP contribution in [0.5, 0.6) is 5.75 Å². The molecule has 5 nitrogen and oxygen atoms in total. The first-order valence-electron chi connectivity index (χ1n) is 8.42. The van der Waals surface area contributed by atoms with Crippen molar-refractivity contribution in [1.82, 2.24) is 14.8 Å². The van der Waals surface area contributed by atoms with Crippen molar-refractivity contribution in [2.24, 2.45) is 12.0 Å². The largest absolute Gasteiger partial charge is 0.493 e. The van der Waals surface area contributed by atoms with Crippen LogP contribution in [-0.2, 0) is 13.6 Å². The van der Waals surface area contributed by atoms with E-state index in [-0.39, 0.29) is 0 Å². The topological polar surface area (TPSA) is 41.8 Å². The molecule has 1 aromatic carbocycles. The van der Waals surface area contributed by atoms with E-state index in [1.54, 1.807) is 0 Å². The Kier molecular flexibility index (Phi) is 5.08. The van der Waals surface area contributed by atoms with Crippen LogP contribution in [0.2, 0.25) is 0 Å². The number of hydrogen-bond donors (Lipinski definition) is 1. The lowest BCUT2D eigenvalue weighted by Crippen LogP contribution is -2.41. The number of para-hydroxylation sites is 1. The van der Waals surface area contributed by atoms with E-state index in [9.17, 15) is 0 Å². The first-order chi connectivity index (χ1) is 11.7. The predicted octanol–water partition coefficient (Wildman–Crippen LogP) is 2.60. The van der Waals surface area contributed by atoms with Gasteiger partial charge in [0, 0.05) is 45.5 Å². The average Bonchev–Trinajstić information content (AvgIpc) is 3.00. The number of fused-ring (bicyclic) bond motifs is 1. The number of aromatic nitrogens is 1. The van der Waals surface area contributed by atoms with E-state index < -0.39 is 0 Å². The molecule has 5 heteroatoms. The van der Waals surface area contributed by atoms with Crippen LogP contribution in [0, 0.1) is 0 Å². The van der Waals surface area contributed by atoms with Gasteiger partial charge in [-0.15, -0.1) is 0 Å². The summed E-state index contributed by atoms with van der Waals surface area (Å²) < 4.78 is 7.88. The third-order valence-electron chi connectivity index (χ3n) is 4.61. The third kappa shape index (κ3) is 3.55. The molecular formula is C19H26N4O. The molecule has 1 N–H and O–H groups in total. The summed E-state index contributed by atoms with van der Waals surface area (Å²) in [6.45, 7) is 2.47. The quantitative estimate of drug-likeness (QED) is 0.694. The Balaban J connectivity index is 1.62. The minimum atomic E-state index is 0.454. The zero-order chi connectivity index (χ0) is 16.9. The molecule has 0 spiro atoms. The highest BCUT2D eigenvalue weighted by Gasteiger charge is 2.21. The second-order valence-electron chi connectivity index (χ2n) is 6.27. The van der Waals surface area contributed by atoms with Gasteiger partial charge in [-0.05, 0) is 30.2 Å². The minimum absolute atomic E-state index is 0.454. The summed E-state index contributed by atoms with van der Waals surface area (Å²) in [5.41, 5.74) is 2.55. The normalized spacial score (nSPS) is 17.1. The standard InChI is InChI=1S/C19H26N4O/c1-20-19(23(3)14-16-7-6-11-22(16)2)21-13-15-10-12-24-18-9-5-4-8-17(15)18/h4-9,11,15H,10,12-14H2,1-3H3,(H,20,21). The van der Waals surface area contributed by atoms with Gasteiger partial charge >= 0.3 is 0 Å². The molecule has 1 unspecified atom stereocenters. The molecule has 2 heterocycles. The first-order valence-corrected chi connectivity index (χ1v) is 8.42. The van der Waals surface area contributed by atoms with Gasteiger partial charge in [0.1, 0.15) is 5.75 Å². The number of guanidine groups is 1. The van der Waals surface area contributed by atoms with Crippen molar-refractivity contribution < 1.29 is 4.74 Å². The van der Waals surface area contributed by atoms with Gasteiger partial charge in [-0.3, -0.25) is 4.99 Å². The number of rotatable bonds is 4. The number of nitrogens with zero attached hydrogens (tertiary/aromatic N) is 3. The number of aliphatic imine (C=N–C) groups is 1. The summed E-state index contributed by atoms with van der Waals surface area (Å²) in [4.78, 5) is 6.58. The van der Waals surface area contributed by atoms with E-state index in [0.29, 0.717) is 5.92 Å². The molecule has 1 aromatic heterocycles. The summed E-state index contributed by atoms with van der Waals surface area (Å²) in [6, 6.07) is 12.5. The van der Waals surface area contributed by atoms with Crippen molar-refractivity contribution in [2.45, 2.75) is 18.9 Å². The maximum Gasteiger partial charge on any atom is 0.193 e. The fraction of sp³-hybridized carbons (Fsp3) is 0.421. The fourth-order valence-electron chi connectivity index (χ4n) is 3.21. The first kappa shape index (κ1) is 16.4. The number of ether oxygens (including phenoxy) is 1. The Morgan fingerprint density at radius 2 is 2.17 bits per heavy atom. The van der Waals surface area contributed by atoms with Crippen LogP contribution in [0.4, 0.5) is 0 Å². The van der Waals surface area contributed by atoms with E-state index >= 15 is 0 Å². The number of benzene rings is 1. The highest BCUT2D eigenvalue weighted by Crippen LogP contribution is 2.32. The molecule has 1 aliphatic rings. The predicted molar refractivity (Wildman–Crippen MR) is 97.5 cm³/mol. The highest BCUT2D eigenvalue weighted by molar-refractivity contribution is 5.79. The van der Waals surface area contributed by atoms with Crippen LogP contribution < -0.4 is 10.1 Å². The molecule has 0 amide bonds.